The first-order valence-corrected chi connectivity index (χ1v) is 7.35. The van der Waals surface area contributed by atoms with Gasteiger partial charge in [-0.1, -0.05) is 6.92 Å². The minimum Gasteiger partial charge on any atom is -0.361 e. The molecule has 1 aliphatic heterocycles. The Morgan fingerprint density at radius 2 is 2.30 bits per heavy atom. The molecular formula is C13H17BrFN3O2. The summed E-state index contributed by atoms with van der Waals surface area (Å²) in [5, 5.41) is 11.2. The molecule has 0 spiro atoms. The zero-order chi connectivity index (χ0) is 14.9. The monoisotopic (exact) mass is 345 g/mol. The van der Waals surface area contributed by atoms with Gasteiger partial charge in [0.2, 0.25) is 0 Å². The van der Waals surface area contributed by atoms with Crippen LogP contribution in [0.2, 0.25) is 0 Å². The highest BCUT2D eigenvalue weighted by Gasteiger charge is 2.32. The SMILES string of the molecule is CC1CCCN(c2cc(F)c(Br)cc2[N+](=O)[O-])C1CN. The van der Waals surface area contributed by atoms with Crippen LogP contribution < -0.4 is 10.6 Å². The fourth-order valence-corrected chi connectivity index (χ4v) is 3.14. The summed E-state index contributed by atoms with van der Waals surface area (Å²) in [5.74, 6) is -0.167. The number of halogens is 2. The van der Waals surface area contributed by atoms with E-state index < -0.39 is 10.7 Å². The molecule has 1 aliphatic rings. The van der Waals surface area contributed by atoms with Crippen molar-refractivity contribution in [2.75, 3.05) is 18.0 Å². The van der Waals surface area contributed by atoms with Gasteiger partial charge in [0.15, 0.2) is 0 Å². The van der Waals surface area contributed by atoms with Gasteiger partial charge in [-0.3, -0.25) is 10.1 Å². The Balaban J connectivity index is 2.49. The molecule has 7 heteroatoms. The van der Waals surface area contributed by atoms with Crippen molar-refractivity contribution in [3.05, 3.63) is 32.5 Å². The van der Waals surface area contributed by atoms with Crippen molar-refractivity contribution in [2.45, 2.75) is 25.8 Å². The Bertz CT molecular complexity index is 527. The molecule has 0 aliphatic carbocycles. The molecule has 5 nitrogen and oxygen atoms in total. The van der Waals surface area contributed by atoms with E-state index in [4.69, 9.17) is 5.73 Å². The second-order valence-electron chi connectivity index (χ2n) is 5.13. The highest BCUT2D eigenvalue weighted by Crippen LogP contribution is 2.37. The van der Waals surface area contributed by atoms with E-state index in [9.17, 15) is 14.5 Å². The van der Waals surface area contributed by atoms with E-state index in [2.05, 4.69) is 22.9 Å². The molecule has 2 N–H and O–H groups in total. The van der Waals surface area contributed by atoms with Gasteiger partial charge in [-0.2, -0.15) is 0 Å². The summed E-state index contributed by atoms with van der Waals surface area (Å²) in [6, 6.07) is 2.45. The molecule has 1 fully saturated rings. The van der Waals surface area contributed by atoms with Gasteiger partial charge in [0.05, 0.1) is 9.40 Å². The van der Waals surface area contributed by atoms with E-state index in [1.807, 2.05) is 4.90 Å². The van der Waals surface area contributed by atoms with Gasteiger partial charge in [0, 0.05) is 31.3 Å². The Morgan fingerprint density at radius 1 is 1.60 bits per heavy atom. The topological polar surface area (TPSA) is 72.4 Å². The Labute approximate surface area is 125 Å². The van der Waals surface area contributed by atoms with Crippen LogP contribution in [0, 0.1) is 21.8 Å². The summed E-state index contributed by atoms with van der Waals surface area (Å²) >= 11 is 2.99. The summed E-state index contributed by atoms with van der Waals surface area (Å²) in [6.45, 7) is 3.13. The molecular weight excluding hydrogens is 329 g/mol. The molecule has 2 rings (SSSR count). The summed E-state index contributed by atoms with van der Waals surface area (Å²) < 4.78 is 13.9. The molecule has 1 heterocycles. The largest absolute Gasteiger partial charge is 0.361 e. The second kappa shape index (κ2) is 6.05. The third-order valence-corrected chi connectivity index (χ3v) is 4.49. The minimum absolute atomic E-state index is 0.00280. The summed E-state index contributed by atoms with van der Waals surface area (Å²) in [7, 11) is 0. The Hall–Kier alpha value is -1.21. The van der Waals surface area contributed by atoms with Crippen LogP contribution in [0.5, 0.6) is 0 Å². The molecule has 0 amide bonds. The zero-order valence-electron chi connectivity index (χ0n) is 11.2. The van der Waals surface area contributed by atoms with E-state index in [1.165, 1.54) is 12.1 Å². The number of anilines is 1. The van der Waals surface area contributed by atoms with E-state index in [1.54, 1.807) is 0 Å². The lowest BCUT2D eigenvalue weighted by Crippen LogP contribution is -2.49. The number of benzene rings is 1. The minimum atomic E-state index is -0.500. The normalized spacial score (nSPS) is 22.9. The summed E-state index contributed by atoms with van der Waals surface area (Å²) in [6.07, 6.45) is 1.96. The van der Waals surface area contributed by atoms with E-state index in [-0.39, 0.29) is 16.2 Å². The molecule has 2 unspecified atom stereocenters. The van der Waals surface area contributed by atoms with Crippen molar-refractivity contribution in [1.29, 1.82) is 0 Å². The van der Waals surface area contributed by atoms with Crippen LogP contribution in [0.1, 0.15) is 19.8 Å². The van der Waals surface area contributed by atoms with Crippen molar-refractivity contribution in [3.63, 3.8) is 0 Å². The van der Waals surface area contributed by atoms with Gasteiger partial charge in [0.1, 0.15) is 11.5 Å². The van der Waals surface area contributed by atoms with Crippen LogP contribution in [0.3, 0.4) is 0 Å². The van der Waals surface area contributed by atoms with Gasteiger partial charge in [-0.25, -0.2) is 4.39 Å². The summed E-state index contributed by atoms with van der Waals surface area (Å²) in [4.78, 5) is 12.6. The van der Waals surface area contributed by atoms with Crippen LogP contribution in [-0.2, 0) is 0 Å². The first kappa shape index (κ1) is 15.2. The molecule has 1 aromatic rings. The number of nitrogens with zero attached hydrogens (tertiary/aromatic N) is 2. The molecule has 1 aromatic carbocycles. The lowest BCUT2D eigenvalue weighted by atomic mass is 9.90. The number of nitrogens with two attached hydrogens (primary N) is 1. The van der Waals surface area contributed by atoms with Gasteiger partial charge in [0.25, 0.3) is 5.69 Å². The molecule has 20 heavy (non-hydrogen) atoms. The van der Waals surface area contributed by atoms with Crippen molar-refractivity contribution in [3.8, 4) is 0 Å². The number of piperidine rings is 1. The number of nitro benzene ring substituents is 1. The Morgan fingerprint density at radius 3 is 2.90 bits per heavy atom. The van der Waals surface area contributed by atoms with Gasteiger partial charge in [-0.05, 0) is 34.7 Å². The van der Waals surface area contributed by atoms with Crippen LogP contribution in [-0.4, -0.2) is 24.1 Å². The van der Waals surface area contributed by atoms with Crippen molar-refractivity contribution < 1.29 is 9.31 Å². The van der Waals surface area contributed by atoms with E-state index >= 15 is 0 Å². The van der Waals surface area contributed by atoms with Gasteiger partial charge in [-0.15, -0.1) is 0 Å². The predicted octanol–water partition coefficient (Wildman–Crippen LogP) is 3.06. The fraction of sp³-hybridized carbons (Fsp3) is 0.538. The molecule has 0 aromatic heterocycles. The number of hydrogen-bond acceptors (Lipinski definition) is 4. The van der Waals surface area contributed by atoms with Crippen LogP contribution in [0.15, 0.2) is 16.6 Å². The number of hydrogen-bond donors (Lipinski definition) is 1. The Kier molecular flexibility index (Phi) is 4.59. The highest BCUT2D eigenvalue weighted by atomic mass is 79.9. The molecule has 0 radical (unpaired) electrons. The highest BCUT2D eigenvalue weighted by molar-refractivity contribution is 9.10. The standard InChI is InChI=1S/C13H17BrFN3O2/c1-8-3-2-4-17(13(8)7-16)11-6-10(15)9(14)5-12(11)18(19)20/h5-6,8,13H,2-4,7,16H2,1H3. The van der Waals surface area contributed by atoms with Crippen molar-refractivity contribution in [1.82, 2.24) is 0 Å². The van der Waals surface area contributed by atoms with Crippen molar-refractivity contribution in [2.24, 2.45) is 11.7 Å². The maximum atomic E-state index is 13.8. The first-order valence-electron chi connectivity index (χ1n) is 6.55. The third kappa shape index (κ3) is 2.78. The average Bonchev–Trinajstić information content (AvgIpc) is 2.40. The lowest BCUT2D eigenvalue weighted by Gasteiger charge is -2.40. The predicted molar refractivity (Wildman–Crippen MR) is 79.3 cm³/mol. The molecule has 0 bridgehead atoms. The van der Waals surface area contributed by atoms with Crippen LogP contribution in [0.4, 0.5) is 15.8 Å². The van der Waals surface area contributed by atoms with Crippen LogP contribution in [0.25, 0.3) is 0 Å². The lowest BCUT2D eigenvalue weighted by molar-refractivity contribution is -0.384. The maximum absolute atomic E-state index is 13.8. The first-order chi connectivity index (χ1) is 9.45. The third-order valence-electron chi connectivity index (χ3n) is 3.88. The van der Waals surface area contributed by atoms with Gasteiger partial charge >= 0.3 is 0 Å². The van der Waals surface area contributed by atoms with Crippen LogP contribution >= 0.6 is 15.9 Å². The molecule has 1 saturated heterocycles. The zero-order valence-corrected chi connectivity index (χ0v) is 12.8. The smallest absolute Gasteiger partial charge is 0.293 e. The van der Waals surface area contributed by atoms with Gasteiger partial charge < -0.3 is 10.6 Å². The average molecular weight is 346 g/mol. The van der Waals surface area contributed by atoms with Crippen molar-refractivity contribution >= 4 is 27.3 Å². The molecule has 2 atom stereocenters. The number of rotatable bonds is 3. The summed E-state index contributed by atoms with van der Waals surface area (Å²) in [5.41, 5.74) is 6.03. The van der Waals surface area contributed by atoms with E-state index in [0.717, 1.165) is 12.8 Å². The second-order valence-corrected chi connectivity index (χ2v) is 5.98. The maximum Gasteiger partial charge on any atom is 0.293 e. The number of nitro groups is 1. The quantitative estimate of drug-likeness (QED) is 0.674. The van der Waals surface area contributed by atoms with E-state index in [0.29, 0.717) is 24.7 Å². The molecule has 110 valence electrons. The molecule has 0 saturated carbocycles. The fourth-order valence-electron chi connectivity index (χ4n) is 2.81.